The Kier molecular flexibility index (Phi) is 7.33. The van der Waals surface area contributed by atoms with Crippen molar-refractivity contribution in [1.29, 1.82) is 0 Å². The van der Waals surface area contributed by atoms with Gasteiger partial charge in [-0.2, -0.15) is 8.62 Å². The molecule has 20 heteroatoms. The van der Waals surface area contributed by atoms with E-state index in [1.54, 1.807) is 0 Å². The number of phosphoric ester groups is 1. The summed E-state index contributed by atoms with van der Waals surface area (Å²) in [5.41, 5.74) is -4.28. The molecular formula is C11H15N2O15P3. The molecule has 0 amide bonds. The van der Waals surface area contributed by atoms with Crippen molar-refractivity contribution < 1.29 is 61.4 Å². The van der Waals surface area contributed by atoms with Crippen LogP contribution in [0.4, 0.5) is 0 Å². The Balaban J connectivity index is 2.22. The van der Waals surface area contributed by atoms with Crippen LogP contribution in [0.3, 0.4) is 0 Å². The molecule has 7 N–H and O–H groups in total. The van der Waals surface area contributed by atoms with Crippen LogP contribution >= 0.6 is 23.5 Å². The highest BCUT2D eigenvalue weighted by molar-refractivity contribution is 7.66. The van der Waals surface area contributed by atoms with Crippen LogP contribution in [0.1, 0.15) is 6.23 Å². The van der Waals surface area contributed by atoms with Gasteiger partial charge in [0, 0.05) is 12.3 Å². The minimum Gasteiger partial charge on any atom is -0.386 e. The fraction of sp³-hybridized carbons (Fsp3) is 0.455. The predicted molar refractivity (Wildman–Crippen MR) is 94.8 cm³/mol. The third kappa shape index (κ3) is 6.28. The molecule has 2 heterocycles. The van der Waals surface area contributed by atoms with Crippen LogP contribution in [0.15, 0.2) is 21.9 Å². The monoisotopic (exact) mass is 508 g/mol. The average molecular weight is 508 g/mol. The number of aromatic amines is 1. The molecule has 0 aliphatic carbocycles. The highest BCUT2D eigenvalue weighted by atomic mass is 31.3. The zero-order chi connectivity index (χ0) is 23.8. The number of nitrogens with one attached hydrogen (secondary N) is 1. The van der Waals surface area contributed by atoms with Crippen molar-refractivity contribution in [3.63, 3.8) is 0 Å². The zero-order valence-corrected chi connectivity index (χ0v) is 17.5. The lowest BCUT2D eigenvalue weighted by atomic mass is 9.97. The quantitative estimate of drug-likeness (QED) is 0.141. The van der Waals surface area contributed by atoms with Gasteiger partial charge in [0.2, 0.25) is 0 Å². The van der Waals surface area contributed by atoms with Gasteiger partial charge in [-0.05, 0) is 0 Å². The molecule has 1 aromatic heterocycles. The van der Waals surface area contributed by atoms with Crippen LogP contribution in [0.5, 0.6) is 0 Å². The van der Waals surface area contributed by atoms with Gasteiger partial charge in [-0.1, -0.05) is 5.92 Å². The van der Waals surface area contributed by atoms with E-state index in [2.05, 4.69) is 13.1 Å². The Hall–Kier alpha value is -1.47. The summed E-state index contributed by atoms with van der Waals surface area (Å²) in [7, 11) is -17.1. The molecule has 0 radical (unpaired) electrons. The summed E-state index contributed by atoms with van der Waals surface area (Å²) in [4.78, 5) is 60.5. The molecule has 17 nitrogen and oxygen atoms in total. The molecule has 1 saturated heterocycles. The summed E-state index contributed by atoms with van der Waals surface area (Å²) in [5, 5.41) is 20.4. The lowest BCUT2D eigenvalue weighted by Crippen LogP contribution is -2.45. The third-order valence-electron chi connectivity index (χ3n) is 3.65. The Morgan fingerprint density at radius 3 is 2.29 bits per heavy atom. The minimum atomic E-state index is -5.81. The van der Waals surface area contributed by atoms with Gasteiger partial charge in [0.15, 0.2) is 11.8 Å². The van der Waals surface area contributed by atoms with Crippen molar-refractivity contribution in [3.05, 3.63) is 33.1 Å². The van der Waals surface area contributed by atoms with Crippen molar-refractivity contribution in [3.8, 4) is 12.3 Å². The second-order valence-corrected chi connectivity index (χ2v) is 10.3. The van der Waals surface area contributed by atoms with Crippen molar-refractivity contribution in [1.82, 2.24) is 9.55 Å². The average Bonchev–Trinajstić information content (AvgIpc) is 2.82. The lowest BCUT2D eigenvalue weighted by molar-refractivity contribution is -0.0920. The zero-order valence-electron chi connectivity index (χ0n) is 14.8. The SMILES string of the molecule is C#C[C@]1(COP(=O)(O)OP(=O)(O)OP(=O)(O)O)O[C@@H](n2ccc(=O)[nH]c2=O)[C@H](O)[C@@H]1O. The topological polar surface area (TPSA) is 264 Å². The molecule has 1 fully saturated rings. The molecule has 1 aliphatic rings. The van der Waals surface area contributed by atoms with Crippen molar-refractivity contribution >= 4 is 23.5 Å². The number of phosphoric acid groups is 3. The maximum absolute atomic E-state index is 11.9. The molecule has 31 heavy (non-hydrogen) atoms. The van der Waals surface area contributed by atoms with E-state index >= 15 is 0 Å². The first-order valence-electron chi connectivity index (χ1n) is 7.62. The number of hydrogen-bond acceptors (Lipinski definition) is 11. The van der Waals surface area contributed by atoms with Crippen LogP contribution in [0, 0.1) is 12.3 Å². The summed E-state index contributed by atoms with van der Waals surface area (Å²) in [5.74, 6) is 1.84. The first-order valence-corrected chi connectivity index (χ1v) is 12.1. The minimum absolute atomic E-state index is 0.638. The van der Waals surface area contributed by atoms with Gasteiger partial charge in [-0.3, -0.25) is 18.9 Å². The first-order chi connectivity index (χ1) is 14.0. The normalized spacial score (nSPS) is 30.3. The number of nitrogens with zero attached hydrogens (tertiary/aromatic N) is 1. The number of rotatable bonds is 8. The van der Waals surface area contributed by atoms with E-state index in [0.29, 0.717) is 4.57 Å². The smallest absolute Gasteiger partial charge is 0.386 e. The molecule has 2 rings (SSSR count). The summed E-state index contributed by atoms with van der Waals surface area (Å²) in [6.07, 6.45) is 0.451. The van der Waals surface area contributed by atoms with Gasteiger partial charge < -0.3 is 34.5 Å². The summed E-state index contributed by atoms with van der Waals surface area (Å²) in [6, 6.07) is 0.881. The largest absolute Gasteiger partial charge is 0.490 e. The van der Waals surface area contributed by atoms with Gasteiger partial charge in [-0.15, -0.1) is 6.42 Å². The van der Waals surface area contributed by atoms with E-state index in [4.69, 9.17) is 25.8 Å². The van der Waals surface area contributed by atoms with Gasteiger partial charge in [0.1, 0.15) is 18.8 Å². The fourth-order valence-corrected chi connectivity index (χ4v) is 5.45. The Morgan fingerprint density at radius 1 is 1.16 bits per heavy atom. The molecule has 174 valence electrons. The number of hydrogen-bond donors (Lipinski definition) is 7. The number of H-pyrrole nitrogens is 1. The van der Waals surface area contributed by atoms with Crippen LogP contribution in [-0.4, -0.2) is 63.8 Å². The van der Waals surface area contributed by atoms with Gasteiger partial charge in [-0.25, -0.2) is 18.5 Å². The van der Waals surface area contributed by atoms with E-state index in [1.807, 2.05) is 10.9 Å². The molecule has 0 saturated carbocycles. The highest BCUT2D eigenvalue weighted by Crippen LogP contribution is 2.66. The maximum atomic E-state index is 11.9. The summed E-state index contributed by atoms with van der Waals surface area (Å²) < 4.78 is 51.1. The van der Waals surface area contributed by atoms with E-state index in [9.17, 15) is 38.4 Å². The second kappa shape index (κ2) is 8.81. The highest BCUT2D eigenvalue weighted by Gasteiger charge is 2.56. The molecule has 0 bridgehead atoms. The van der Waals surface area contributed by atoms with Gasteiger partial charge in [0.05, 0.1) is 0 Å². The molecule has 6 atom stereocenters. The Labute approximate surface area is 171 Å². The third-order valence-corrected chi connectivity index (χ3v) is 7.43. The number of aliphatic hydroxyl groups is 2. The number of aliphatic hydroxyl groups excluding tert-OH is 2. The first kappa shape index (κ1) is 25.8. The number of ether oxygens (including phenoxy) is 1. The lowest BCUT2D eigenvalue weighted by Gasteiger charge is -2.27. The van der Waals surface area contributed by atoms with Crippen LogP contribution in [-0.2, 0) is 31.6 Å². The van der Waals surface area contributed by atoms with Crippen molar-refractivity contribution in [2.24, 2.45) is 0 Å². The molecule has 0 spiro atoms. The number of aromatic nitrogens is 2. The number of terminal acetylenes is 1. The van der Waals surface area contributed by atoms with E-state index in [1.165, 1.54) is 0 Å². The second-order valence-electron chi connectivity index (χ2n) is 5.86. The summed E-state index contributed by atoms with van der Waals surface area (Å²) in [6.45, 7) is -1.29. The van der Waals surface area contributed by atoms with Crippen LogP contribution < -0.4 is 11.2 Å². The standard InChI is InChI=1S/C11H15N2O15P3/c1-2-11(5-25-30(21,22)28-31(23,24)27-29(18,19)20)8(16)7(15)9(26-11)13-4-3-6(14)12-10(13)17/h1,3-4,7-9,15-16H,5H2,(H,21,22)(H,23,24)(H,12,14,17)(H2,18,19,20)/t7-,8+,9-,11-/m1/s1. The molecule has 1 aliphatic heterocycles. The van der Waals surface area contributed by atoms with Crippen LogP contribution in [0.25, 0.3) is 0 Å². The Morgan fingerprint density at radius 2 is 1.77 bits per heavy atom. The molecule has 0 aromatic carbocycles. The van der Waals surface area contributed by atoms with Gasteiger partial charge in [0.25, 0.3) is 5.56 Å². The maximum Gasteiger partial charge on any atom is 0.490 e. The van der Waals surface area contributed by atoms with Crippen LogP contribution in [0.2, 0.25) is 0 Å². The summed E-state index contributed by atoms with van der Waals surface area (Å²) >= 11 is 0. The molecule has 2 unspecified atom stereocenters. The molecular weight excluding hydrogens is 493 g/mol. The molecule has 1 aromatic rings. The van der Waals surface area contributed by atoms with Gasteiger partial charge >= 0.3 is 29.2 Å². The van der Waals surface area contributed by atoms with Crippen molar-refractivity contribution in [2.75, 3.05) is 6.61 Å². The van der Waals surface area contributed by atoms with Crippen molar-refractivity contribution in [2.45, 2.75) is 24.0 Å². The van der Waals surface area contributed by atoms with E-state index < -0.39 is 65.4 Å². The predicted octanol–water partition coefficient (Wildman–Crippen LogP) is -2.50. The fourth-order valence-electron chi connectivity index (χ4n) is 2.40. The Bertz CT molecular complexity index is 1130. The van der Waals surface area contributed by atoms with E-state index in [-0.39, 0.29) is 0 Å². The van der Waals surface area contributed by atoms with E-state index in [0.717, 1.165) is 12.3 Å².